The average molecular weight is 376 g/mol. The average Bonchev–Trinajstić information content (AvgIpc) is 2.61. The zero-order valence-electron chi connectivity index (χ0n) is 14.1. The fraction of sp³-hybridized carbons (Fsp3) is 0.167. The Labute approximate surface area is 155 Å². The van der Waals surface area contributed by atoms with Gasteiger partial charge in [0.2, 0.25) is 5.91 Å². The smallest absolute Gasteiger partial charge is 0.255 e. The summed E-state index contributed by atoms with van der Waals surface area (Å²) in [6, 6.07) is 13.0. The molecule has 3 N–H and O–H groups in total. The summed E-state index contributed by atoms with van der Waals surface area (Å²) < 4.78 is 5.13. The van der Waals surface area contributed by atoms with Crippen molar-refractivity contribution in [1.29, 1.82) is 0 Å². The van der Waals surface area contributed by atoms with Crippen molar-refractivity contribution in [3.8, 4) is 5.75 Å². The number of carbonyl (C=O) groups is 3. The van der Waals surface area contributed by atoms with Crippen LogP contribution in [0.1, 0.15) is 10.4 Å². The zero-order chi connectivity index (χ0) is 19.1. The third-order valence-corrected chi connectivity index (χ3v) is 3.69. The lowest BCUT2D eigenvalue weighted by atomic mass is 10.2. The van der Waals surface area contributed by atoms with Crippen LogP contribution in [-0.2, 0) is 9.59 Å². The van der Waals surface area contributed by atoms with Gasteiger partial charge in [-0.15, -0.1) is 0 Å². The molecule has 0 fully saturated rings. The molecule has 0 saturated carbocycles. The molecular weight excluding hydrogens is 358 g/mol. The summed E-state index contributed by atoms with van der Waals surface area (Å²) >= 11 is 5.99. The number of hydrogen-bond acceptors (Lipinski definition) is 4. The number of ether oxygens (including phenoxy) is 1. The number of amides is 3. The van der Waals surface area contributed by atoms with Crippen LogP contribution >= 0.6 is 11.6 Å². The molecule has 0 atom stereocenters. The number of nitrogens with zero attached hydrogens (tertiary/aromatic N) is 1. The van der Waals surface area contributed by atoms with Gasteiger partial charge in [-0.1, -0.05) is 23.7 Å². The first-order valence-electron chi connectivity index (χ1n) is 7.68. The van der Waals surface area contributed by atoms with Crippen molar-refractivity contribution < 1.29 is 19.1 Å². The molecule has 0 unspecified atom stereocenters. The summed E-state index contributed by atoms with van der Waals surface area (Å²) in [5, 5.41) is 3.07. The summed E-state index contributed by atoms with van der Waals surface area (Å²) in [6.07, 6.45) is 0. The Kier molecular flexibility index (Phi) is 6.57. The number of nitrogens with one attached hydrogen (secondary N) is 1. The van der Waals surface area contributed by atoms with E-state index in [9.17, 15) is 14.4 Å². The van der Waals surface area contributed by atoms with Crippen molar-refractivity contribution in [2.75, 3.05) is 25.5 Å². The molecule has 2 aromatic rings. The highest BCUT2D eigenvalue weighted by atomic mass is 35.5. The fourth-order valence-electron chi connectivity index (χ4n) is 2.11. The van der Waals surface area contributed by atoms with E-state index in [4.69, 9.17) is 22.1 Å². The van der Waals surface area contributed by atoms with Crippen molar-refractivity contribution in [2.24, 2.45) is 5.73 Å². The summed E-state index contributed by atoms with van der Waals surface area (Å²) in [5.74, 6) is -0.870. The van der Waals surface area contributed by atoms with Gasteiger partial charge < -0.3 is 20.7 Å². The number of hydrogen-bond donors (Lipinski definition) is 2. The van der Waals surface area contributed by atoms with Crippen LogP contribution in [0.15, 0.2) is 48.5 Å². The predicted octanol–water partition coefficient (Wildman–Crippen LogP) is 1.91. The third kappa shape index (κ3) is 5.49. The van der Waals surface area contributed by atoms with Gasteiger partial charge in [0.05, 0.1) is 17.3 Å². The van der Waals surface area contributed by atoms with Gasteiger partial charge in [-0.05, 0) is 36.4 Å². The molecule has 3 amide bonds. The first-order valence-corrected chi connectivity index (χ1v) is 8.05. The molecule has 0 aliphatic rings. The molecule has 0 aliphatic carbocycles. The number of halogens is 1. The highest BCUT2D eigenvalue weighted by molar-refractivity contribution is 6.33. The van der Waals surface area contributed by atoms with E-state index in [0.717, 1.165) is 0 Å². The Morgan fingerprint density at radius 1 is 1.12 bits per heavy atom. The minimum Gasteiger partial charge on any atom is -0.484 e. The number of nitrogens with two attached hydrogens (primary N) is 1. The Hall–Kier alpha value is -3.06. The van der Waals surface area contributed by atoms with Crippen LogP contribution in [0.25, 0.3) is 0 Å². The largest absolute Gasteiger partial charge is 0.484 e. The molecule has 2 rings (SSSR count). The molecular formula is C18H18ClN3O4. The van der Waals surface area contributed by atoms with Crippen LogP contribution in [0, 0.1) is 0 Å². The van der Waals surface area contributed by atoms with Crippen LogP contribution in [-0.4, -0.2) is 42.8 Å². The number of anilines is 1. The summed E-state index contributed by atoms with van der Waals surface area (Å²) in [5.41, 5.74) is 5.86. The SMILES string of the molecule is CN(CC(=O)Nc1ccccc1Cl)C(=O)c1ccc(OCC(N)=O)cc1. The first kappa shape index (κ1) is 19.3. The minimum absolute atomic E-state index is 0.135. The van der Waals surface area contributed by atoms with E-state index in [-0.39, 0.29) is 25.0 Å². The quantitative estimate of drug-likeness (QED) is 0.771. The fourth-order valence-corrected chi connectivity index (χ4v) is 2.29. The number of carbonyl (C=O) groups excluding carboxylic acids is 3. The van der Waals surface area contributed by atoms with Gasteiger partial charge in [0, 0.05) is 12.6 Å². The van der Waals surface area contributed by atoms with Gasteiger partial charge >= 0.3 is 0 Å². The highest BCUT2D eigenvalue weighted by Crippen LogP contribution is 2.20. The molecule has 0 heterocycles. The second kappa shape index (κ2) is 8.87. The molecule has 7 nitrogen and oxygen atoms in total. The van der Waals surface area contributed by atoms with Gasteiger partial charge in [-0.25, -0.2) is 0 Å². The topological polar surface area (TPSA) is 102 Å². The van der Waals surface area contributed by atoms with E-state index >= 15 is 0 Å². The van der Waals surface area contributed by atoms with Crippen LogP contribution in [0.3, 0.4) is 0 Å². The molecule has 0 bridgehead atoms. The molecule has 0 saturated heterocycles. The van der Waals surface area contributed by atoms with E-state index in [0.29, 0.717) is 22.0 Å². The van der Waals surface area contributed by atoms with Crippen molar-refractivity contribution >= 4 is 35.0 Å². The lowest BCUT2D eigenvalue weighted by Crippen LogP contribution is -2.34. The molecule has 0 radical (unpaired) electrons. The van der Waals surface area contributed by atoms with E-state index in [2.05, 4.69) is 5.32 Å². The Bertz CT molecular complexity index is 808. The van der Waals surface area contributed by atoms with Gasteiger partial charge in [0.15, 0.2) is 6.61 Å². The normalized spacial score (nSPS) is 10.1. The van der Waals surface area contributed by atoms with Crippen molar-refractivity contribution in [3.05, 3.63) is 59.1 Å². The van der Waals surface area contributed by atoms with Crippen molar-refractivity contribution in [1.82, 2.24) is 4.90 Å². The zero-order valence-corrected chi connectivity index (χ0v) is 14.8. The van der Waals surface area contributed by atoms with Crippen LogP contribution in [0.4, 0.5) is 5.69 Å². The highest BCUT2D eigenvalue weighted by Gasteiger charge is 2.16. The monoisotopic (exact) mass is 375 g/mol. The predicted molar refractivity (Wildman–Crippen MR) is 98.2 cm³/mol. The molecule has 26 heavy (non-hydrogen) atoms. The van der Waals surface area contributed by atoms with Crippen LogP contribution < -0.4 is 15.8 Å². The summed E-state index contributed by atoms with van der Waals surface area (Å²) in [4.78, 5) is 36.4. The van der Waals surface area contributed by atoms with E-state index in [1.165, 1.54) is 11.9 Å². The molecule has 8 heteroatoms. The maximum absolute atomic E-state index is 12.4. The number of likely N-dealkylation sites (N-methyl/N-ethyl adjacent to an activating group) is 1. The summed E-state index contributed by atoms with van der Waals surface area (Å²) in [7, 11) is 1.52. The second-order valence-corrected chi connectivity index (χ2v) is 5.88. The van der Waals surface area contributed by atoms with Gasteiger partial charge in [0.1, 0.15) is 5.75 Å². The molecule has 0 spiro atoms. The second-order valence-electron chi connectivity index (χ2n) is 5.47. The minimum atomic E-state index is -0.589. The maximum atomic E-state index is 12.4. The van der Waals surface area contributed by atoms with Crippen molar-refractivity contribution in [2.45, 2.75) is 0 Å². The van der Waals surface area contributed by atoms with Crippen LogP contribution in [0.2, 0.25) is 5.02 Å². The lowest BCUT2D eigenvalue weighted by molar-refractivity contribution is -0.120. The van der Waals surface area contributed by atoms with Gasteiger partial charge in [0.25, 0.3) is 11.8 Å². The first-order chi connectivity index (χ1) is 12.4. The number of para-hydroxylation sites is 1. The Balaban J connectivity index is 1.93. The Morgan fingerprint density at radius 2 is 1.77 bits per heavy atom. The van der Waals surface area contributed by atoms with Gasteiger partial charge in [-0.3, -0.25) is 14.4 Å². The van der Waals surface area contributed by atoms with E-state index in [1.807, 2.05) is 0 Å². The number of primary amides is 1. The molecule has 0 aliphatic heterocycles. The third-order valence-electron chi connectivity index (χ3n) is 3.36. The molecule has 0 aromatic heterocycles. The standard InChI is InChI=1S/C18H18ClN3O4/c1-22(10-17(24)21-15-5-3-2-4-14(15)19)18(25)12-6-8-13(9-7-12)26-11-16(20)23/h2-9H,10-11H2,1H3,(H2,20,23)(H,21,24). The van der Waals surface area contributed by atoms with Crippen molar-refractivity contribution in [3.63, 3.8) is 0 Å². The van der Waals surface area contributed by atoms with Crippen LogP contribution in [0.5, 0.6) is 5.75 Å². The van der Waals surface area contributed by atoms with E-state index in [1.54, 1.807) is 48.5 Å². The number of rotatable bonds is 7. The van der Waals surface area contributed by atoms with Gasteiger partial charge in [-0.2, -0.15) is 0 Å². The Morgan fingerprint density at radius 3 is 2.38 bits per heavy atom. The molecule has 136 valence electrons. The number of benzene rings is 2. The van der Waals surface area contributed by atoms with E-state index < -0.39 is 5.91 Å². The summed E-state index contributed by atoms with van der Waals surface area (Å²) in [6.45, 7) is -0.376. The molecule has 2 aromatic carbocycles. The maximum Gasteiger partial charge on any atom is 0.255 e. The lowest BCUT2D eigenvalue weighted by Gasteiger charge is -2.17.